The molecule has 0 fully saturated rings. The van der Waals surface area contributed by atoms with E-state index in [0.29, 0.717) is 0 Å². The van der Waals surface area contributed by atoms with Gasteiger partial charge in [0, 0.05) is 9.75 Å². The maximum atomic E-state index is 13.3. The van der Waals surface area contributed by atoms with Crippen LogP contribution in [0.1, 0.15) is 39.4 Å². The highest BCUT2D eigenvalue weighted by Crippen LogP contribution is 2.32. The third kappa shape index (κ3) is 3.04. The van der Waals surface area contributed by atoms with E-state index in [4.69, 9.17) is 0 Å². The van der Waals surface area contributed by atoms with Crippen molar-refractivity contribution >= 4 is 11.3 Å². The first-order valence-corrected chi connectivity index (χ1v) is 7.41. The van der Waals surface area contributed by atoms with Gasteiger partial charge in [0.25, 0.3) is 0 Å². The Kier molecular flexibility index (Phi) is 4.38. The molecule has 1 nitrogen and oxygen atoms in total. The summed E-state index contributed by atoms with van der Waals surface area (Å²) < 4.78 is 13.3. The molecule has 102 valence electrons. The summed E-state index contributed by atoms with van der Waals surface area (Å²) in [5.74, 6) is -0.172. The molecule has 0 amide bonds. The fourth-order valence-electron chi connectivity index (χ4n) is 2.49. The number of hydrogen-bond donors (Lipinski definition) is 1. The summed E-state index contributed by atoms with van der Waals surface area (Å²) in [6.45, 7) is 9.23. The van der Waals surface area contributed by atoms with Crippen LogP contribution in [0, 0.1) is 26.6 Å². The molecular formula is C16H20FNS. The van der Waals surface area contributed by atoms with Crippen LogP contribution in [0.5, 0.6) is 0 Å². The maximum Gasteiger partial charge on any atom is 0.123 e. The number of thiophene rings is 1. The molecule has 2 rings (SSSR count). The predicted octanol–water partition coefficient (Wildman–Crippen LogP) is 4.51. The minimum atomic E-state index is -0.172. The highest BCUT2D eigenvalue weighted by Gasteiger charge is 2.19. The Bertz CT molecular complexity index is 574. The minimum absolute atomic E-state index is 0.149. The minimum Gasteiger partial charge on any atom is -0.306 e. The Morgan fingerprint density at radius 1 is 1.16 bits per heavy atom. The van der Waals surface area contributed by atoms with Gasteiger partial charge in [0.1, 0.15) is 5.82 Å². The van der Waals surface area contributed by atoms with Gasteiger partial charge in [-0.25, -0.2) is 4.39 Å². The van der Waals surface area contributed by atoms with Gasteiger partial charge in [0.2, 0.25) is 0 Å². The van der Waals surface area contributed by atoms with Crippen molar-refractivity contribution in [3.05, 3.63) is 56.5 Å². The van der Waals surface area contributed by atoms with E-state index in [1.54, 1.807) is 12.1 Å². The van der Waals surface area contributed by atoms with Gasteiger partial charge < -0.3 is 5.32 Å². The summed E-state index contributed by atoms with van der Waals surface area (Å²) in [4.78, 5) is 2.64. The van der Waals surface area contributed by atoms with E-state index in [-0.39, 0.29) is 11.9 Å². The summed E-state index contributed by atoms with van der Waals surface area (Å²) in [5.41, 5.74) is 3.46. The van der Waals surface area contributed by atoms with Gasteiger partial charge >= 0.3 is 0 Å². The number of aryl methyl sites for hydroxylation is 3. The molecule has 2 aromatic rings. The first-order chi connectivity index (χ1) is 9.02. The third-order valence-corrected chi connectivity index (χ3v) is 4.32. The van der Waals surface area contributed by atoms with Crippen molar-refractivity contribution in [2.75, 3.05) is 6.54 Å². The highest BCUT2D eigenvalue weighted by atomic mass is 32.1. The van der Waals surface area contributed by atoms with E-state index < -0.39 is 0 Å². The second-order valence-corrected chi connectivity index (χ2v) is 6.32. The van der Waals surface area contributed by atoms with Crippen LogP contribution >= 0.6 is 11.3 Å². The lowest BCUT2D eigenvalue weighted by molar-refractivity contribution is 0.609. The first kappa shape index (κ1) is 14.2. The molecule has 0 spiro atoms. The number of rotatable bonds is 4. The Labute approximate surface area is 118 Å². The number of hydrogen-bond acceptors (Lipinski definition) is 2. The molecule has 19 heavy (non-hydrogen) atoms. The highest BCUT2D eigenvalue weighted by molar-refractivity contribution is 7.12. The van der Waals surface area contributed by atoms with E-state index in [1.807, 2.05) is 24.3 Å². The van der Waals surface area contributed by atoms with Crippen molar-refractivity contribution in [2.45, 2.75) is 33.7 Å². The lowest BCUT2D eigenvalue weighted by Gasteiger charge is -2.20. The molecule has 0 aliphatic carbocycles. The van der Waals surface area contributed by atoms with E-state index in [1.165, 1.54) is 15.3 Å². The second kappa shape index (κ2) is 5.85. The van der Waals surface area contributed by atoms with Crippen molar-refractivity contribution < 1.29 is 4.39 Å². The predicted molar refractivity (Wildman–Crippen MR) is 80.4 cm³/mol. The fourth-order valence-corrected chi connectivity index (χ4v) is 3.46. The quantitative estimate of drug-likeness (QED) is 0.867. The van der Waals surface area contributed by atoms with Crippen LogP contribution in [0.3, 0.4) is 0 Å². The van der Waals surface area contributed by atoms with E-state index in [2.05, 4.69) is 32.2 Å². The van der Waals surface area contributed by atoms with E-state index in [9.17, 15) is 4.39 Å². The average molecular weight is 277 g/mol. The Morgan fingerprint density at radius 2 is 1.89 bits per heavy atom. The zero-order chi connectivity index (χ0) is 14.0. The largest absolute Gasteiger partial charge is 0.306 e. The van der Waals surface area contributed by atoms with Crippen LogP contribution in [-0.4, -0.2) is 6.54 Å². The molecular weight excluding hydrogens is 257 g/mol. The molecule has 1 aromatic carbocycles. The Balaban J connectivity index is 2.48. The SMILES string of the molecule is CCNC(c1ccc(F)cc1C)c1cc(C)sc1C. The zero-order valence-electron chi connectivity index (χ0n) is 11.9. The van der Waals surface area contributed by atoms with Crippen molar-refractivity contribution in [2.24, 2.45) is 0 Å². The summed E-state index contributed by atoms with van der Waals surface area (Å²) in [5, 5.41) is 3.51. The molecule has 1 atom stereocenters. The third-order valence-electron chi connectivity index (χ3n) is 3.34. The van der Waals surface area contributed by atoms with Gasteiger partial charge in [0.05, 0.1) is 6.04 Å². The maximum absolute atomic E-state index is 13.3. The van der Waals surface area contributed by atoms with Gasteiger partial charge in [-0.2, -0.15) is 0 Å². The van der Waals surface area contributed by atoms with Gasteiger partial charge in [-0.05, 0) is 62.2 Å². The Hall–Kier alpha value is -1.19. The molecule has 1 unspecified atom stereocenters. The molecule has 3 heteroatoms. The van der Waals surface area contributed by atoms with Crippen LogP contribution in [0.2, 0.25) is 0 Å². The summed E-state index contributed by atoms with van der Waals surface area (Å²) in [6.07, 6.45) is 0. The van der Waals surface area contributed by atoms with E-state index in [0.717, 1.165) is 17.7 Å². The van der Waals surface area contributed by atoms with Gasteiger partial charge in [-0.3, -0.25) is 0 Å². The van der Waals surface area contributed by atoms with Crippen LogP contribution < -0.4 is 5.32 Å². The smallest absolute Gasteiger partial charge is 0.123 e. The molecule has 1 N–H and O–H groups in total. The average Bonchev–Trinajstić information content (AvgIpc) is 2.66. The molecule has 0 aliphatic rings. The monoisotopic (exact) mass is 277 g/mol. The van der Waals surface area contributed by atoms with Crippen molar-refractivity contribution in [3.8, 4) is 0 Å². The van der Waals surface area contributed by atoms with Gasteiger partial charge in [0.15, 0.2) is 0 Å². The zero-order valence-corrected chi connectivity index (χ0v) is 12.7. The first-order valence-electron chi connectivity index (χ1n) is 6.59. The normalized spacial score (nSPS) is 12.7. The fraction of sp³-hybridized carbons (Fsp3) is 0.375. The standard InChI is InChI=1S/C16H20FNS/c1-5-18-16(15-9-11(3)19-12(15)4)14-7-6-13(17)8-10(14)2/h6-9,16,18H,5H2,1-4H3. The molecule has 0 saturated heterocycles. The molecule has 1 heterocycles. The summed E-state index contributed by atoms with van der Waals surface area (Å²) >= 11 is 1.81. The molecule has 0 radical (unpaired) electrons. The molecule has 0 aliphatic heterocycles. The van der Waals surface area contributed by atoms with Crippen molar-refractivity contribution in [3.63, 3.8) is 0 Å². The topological polar surface area (TPSA) is 12.0 Å². The second-order valence-electron chi connectivity index (χ2n) is 4.86. The lowest BCUT2D eigenvalue weighted by atomic mass is 9.95. The van der Waals surface area contributed by atoms with E-state index >= 15 is 0 Å². The summed E-state index contributed by atoms with van der Waals surface area (Å²) in [6, 6.07) is 7.42. The van der Waals surface area contributed by atoms with Crippen molar-refractivity contribution in [1.82, 2.24) is 5.32 Å². The van der Waals surface area contributed by atoms with Gasteiger partial charge in [-0.15, -0.1) is 11.3 Å². The van der Waals surface area contributed by atoms with Crippen LogP contribution in [0.4, 0.5) is 4.39 Å². The van der Waals surface area contributed by atoms with Crippen LogP contribution in [-0.2, 0) is 0 Å². The number of halogens is 1. The van der Waals surface area contributed by atoms with Gasteiger partial charge in [-0.1, -0.05) is 13.0 Å². The lowest BCUT2D eigenvalue weighted by Crippen LogP contribution is -2.23. The molecule has 0 bridgehead atoms. The molecule has 1 aromatic heterocycles. The number of benzene rings is 1. The Morgan fingerprint density at radius 3 is 2.42 bits per heavy atom. The van der Waals surface area contributed by atoms with Crippen LogP contribution in [0.25, 0.3) is 0 Å². The summed E-state index contributed by atoms with van der Waals surface area (Å²) in [7, 11) is 0. The van der Waals surface area contributed by atoms with Crippen molar-refractivity contribution in [1.29, 1.82) is 0 Å². The molecule has 0 saturated carbocycles. The number of nitrogens with one attached hydrogen (secondary N) is 1. The van der Waals surface area contributed by atoms with Crippen LogP contribution in [0.15, 0.2) is 24.3 Å².